The molecule has 0 bridgehead atoms. The van der Waals surface area contributed by atoms with Crippen molar-refractivity contribution in [3.63, 3.8) is 0 Å². The highest BCUT2D eigenvalue weighted by Crippen LogP contribution is 2.32. The molecular formula is C26H30FN5O2. The number of urea groups is 1. The lowest BCUT2D eigenvalue weighted by Gasteiger charge is -2.21. The first-order valence-corrected chi connectivity index (χ1v) is 11.8. The summed E-state index contributed by atoms with van der Waals surface area (Å²) in [4.78, 5) is 15.6. The second kappa shape index (κ2) is 9.95. The van der Waals surface area contributed by atoms with Crippen LogP contribution >= 0.6 is 0 Å². The van der Waals surface area contributed by atoms with Crippen LogP contribution in [0.2, 0.25) is 0 Å². The van der Waals surface area contributed by atoms with E-state index in [1.54, 1.807) is 23.9 Å². The van der Waals surface area contributed by atoms with Crippen LogP contribution in [-0.2, 0) is 17.6 Å². The van der Waals surface area contributed by atoms with E-state index in [1.165, 1.54) is 17.7 Å². The molecule has 34 heavy (non-hydrogen) atoms. The quantitative estimate of drug-likeness (QED) is 0.560. The smallest absolute Gasteiger partial charge is 0.320 e. The Kier molecular flexibility index (Phi) is 6.60. The van der Waals surface area contributed by atoms with Crippen molar-refractivity contribution in [2.45, 2.75) is 31.2 Å². The number of carbonyl (C=O) groups is 1. The molecule has 1 saturated heterocycles. The fourth-order valence-electron chi connectivity index (χ4n) is 5.10. The van der Waals surface area contributed by atoms with Crippen LogP contribution in [0.1, 0.15) is 29.2 Å². The number of benzene rings is 2. The van der Waals surface area contributed by atoms with E-state index in [9.17, 15) is 9.18 Å². The van der Waals surface area contributed by atoms with Gasteiger partial charge in [-0.15, -0.1) is 0 Å². The number of anilines is 1. The molecule has 2 aromatic carbocycles. The number of likely N-dealkylation sites (tertiary alicyclic amines) is 1. The number of aryl methyl sites for hydroxylation is 1. The van der Waals surface area contributed by atoms with Gasteiger partial charge in [-0.2, -0.15) is 5.10 Å². The van der Waals surface area contributed by atoms with Crippen molar-refractivity contribution in [2.75, 3.05) is 38.7 Å². The number of aromatic nitrogens is 2. The molecule has 1 unspecified atom stereocenters. The molecule has 1 fully saturated rings. The largest absolute Gasteiger partial charge is 0.383 e. The van der Waals surface area contributed by atoms with Crippen LogP contribution in [0.25, 0.3) is 5.69 Å². The number of ether oxygens (including phenoxy) is 1. The molecular weight excluding hydrogens is 433 g/mol. The van der Waals surface area contributed by atoms with E-state index in [0.29, 0.717) is 18.1 Å². The van der Waals surface area contributed by atoms with E-state index in [-0.39, 0.29) is 23.8 Å². The second-order valence-electron chi connectivity index (χ2n) is 8.99. The van der Waals surface area contributed by atoms with Crippen molar-refractivity contribution < 1.29 is 13.9 Å². The summed E-state index contributed by atoms with van der Waals surface area (Å²) in [6.07, 6.45) is 2.72. The molecule has 2 N–H and O–H groups in total. The van der Waals surface area contributed by atoms with Crippen molar-refractivity contribution in [3.05, 3.63) is 77.2 Å². The van der Waals surface area contributed by atoms with Gasteiger partial charge in [0.05, 0.1) is 24.0 Å². The predicted molar refractivity (Wildman–Crippen MR) is 129 cm³/mol. The van der Waals surface area contributed by atoms with Crippen LogP contribution in [-0.4, -0.2) is 60.1 Å². The highest BCUT2D eigenvalue weighted by Gasteiger charge is 2.35. The van der Waals surface area contributed by atoms with Gasteiger partial charge in [-0.1, -0.05) is 36.4 Å². The zero-order valence-corrected chi connectivity index (χ0v) is 19.3. The molecule has 7 nitrogen and oxygen atoms in total. The van der Waals surface area contributed by atoms with Gasteiger partial charge in [0.15, 0.2) is 0 Å². The van der Waals surface area contributed by atoms with E-state index in [1.807, 2.05) is 18.2 Å². The van der Waals surface area contributed by atoms with Crippen molar-refractivity contribution >= 4 is 11.8 Å². The molecule has 178 valence electrons. The molecule has 2 aliphatic rings. The van der Waals surface area contributed by atoms with Gasteiger partial charge >= 0.3 is 6.03 Å². The summed E-state index contributed by atoms with van der Waals surface area (Å²) in [6, 6.07) is 16.3. The fraction of sp³-hybridized carbons (Fsp3) is 0.385. The van der Waals surface area contributed by atoms with Crippen molar-refractivity contribution in [3.8, 4) is 5.69 Å². The summed E-state index contributed by atoms with van der Waals surface area (Å²) in [5, 5.41) is 10.9. The molecule has 5 rings (SSSR count). The molecule has 1 aliphatic heterocycles. The number of fused-ring (bicyclic) bond motifs is 1. The molecule has 0 radical (unpaired) electrons. The maximum atomic E-state index is 13.9. The molecule has 2 heterocycles. The number of rotatable bonds is 7. The van der Waals surface area contributed by atoms with Gasteiger partial charge in [-0.05, 0) is 43.0 Å². The summed E-state index contributed by atoms with van der Waals surface area (Å²) >= 11 is 0. The molecule has 1 aliphatic carbocycles. The summed E-state index contributed by atoms with van der Waals surface area (Å²) in [6.45, 7) is 3.07. The lowest BCUT2D eigenvalue weighted by atomic mass is 9.94. The molecule has 8 heteroatoms. The number of carbonyl (C=O) groups excluding carboxylic acids is 1. The maximum Gasteiger partial charge on any atom is 0.320 e. The van der Waals surface area contributed by atoms with E-state index in [0.717, 1.165) is 50.2 Å². The van der Waals surface area contributed by atoms with Gasteiger partial charge < -0.3 is 10.1 Å². The summed E-state index contributed by atoms with van der Waals surface area (Å²) < 4.78 is 20.8. The molecule has 2 atom stereocenters. The number of hydrogen-bond donors (Lipinski definition) is 2. The molecule has 3 aromatic rings. The van der Waals surface area contributed by atoms with Crippen LogP contribution in [0.4, 0.5) is 15.0 Å². The van der Waals surface area contributed by atoms with E-state index >= 15 is 0 Å². The Morgan fingerprint density at radius 3 is 2.79 bits per heavy atom. The lowest BCUT2D eigenvalue weighted by molar-refractivity contribution is 0.159. The number of halogens is 1. The third kappa shape index (κ3) is 4.69. The molecule has 0 saturated carbocycles. The monoisotopic (exact) mass is 463 g/mol. The standard InChI is InChI=1S/C26H30FN5O2/c1-34-14-13-31-16-22(18-7-3-2-4-8-18)24(17-31)28-26(33)29-25-21-11-6-12-23(21)30-32(25)20-10-5-9-19(27)15-20/h2-5,7-10,15,22,24H,6,11-14,16-17H2,1H3,(H2,28,29,33)/t22-,24?/m0/s1. The molecule has 0 spiro atoms. The van der Waals surface area contributed by atoms with Gasteiger partial charge in [0.2, 0.25) is 0 Å². The third-order valence-electron chi connectivity index (χ3n) is 6.74. The normalized spacial score (nSPS) is 19.8. The Labute approximate surface area is 198 Å². The first-order chi connectivity index (χ1) is 16.6. The van der Waals surface area contributed by atoms with Crippen LogP contribution < -0.4 is 10.6 Å². The van der Waals surface area contributed by atoms with E-state index in [2.05, 4.69) is 32.8 Å². The Bertz CT molecular complexity index is 1150. The third-order valence-corrected chi connectivity index (χ3v) is 6.74. The van der Waals surface area contributed by atoms with Crippen LogP contribution in [0.15, 0.2) is 54.6 Å². The maximum absolute atomic E-state index is 13.9. The predicted octanol–water partition coefficient (Wildman–Crippen LogP) is 3.74. The highest BCUT2D eigenvalue weighted by molar-refractivity contribution is 5.90. The van der Waals surface area contributed by atoms with E-state index < -0.39 is 0 Å². The number of nitrogens with zero attached hydrogens (tertiary/aromatic N) is 3. The summed E-state index contributed by atoms with van der Waals surface area (Å²) in [7, 11) is 1.70. The molecule has 2 amide bonds. The van der Waals surface area contributed by atoms with Crippen molar-refractivity contribution in [2.24, 2.45) is 0 Å². The number of methoxy groups -OCH3 is 1. The van der Waals surface area contributed by atoms with Gasteiger partial charge in [0.25, 0.3) is 0 Å². The minimum atomic E-state index is -0.337. The highest BCUT2D eigenvalue weighted by atomic mass is 19.1. The zero-order chi connectivity index (χ0) is 23.5. The first-order valence-electron chi connectivity index (χ1n) is 11.8. The number of hydrogen-bond acceptors (Lipinski definition) is 4. The molecule has 1 aromatic heterocycles. The van der Waals surface area contributed by atoms with Crippen LogP contribution in [0.5, 0.6) is 0 Å². The Morgan fingerprint density at radius 2 is 2.00 bits per heavy atom. The average molecular weight is 464 g/mol. The summed E-state index contributed by atoms with van der Waals surface area (Å²) in [5.74, 6) is 0.472. The van der Waals surface area contributed by atoms with Crippen molar-refractivity contribution in [1.82, 2.24) is 20.0 Å². The number of nitrogens with one attached hydrogen (secondary N) is 2. The Balaban J connectivity index is 1.36. The average Bonchev–Trinajstić information content (AvgIpc) is 3.54. The second-order valence-corrected chi connectivity index (χ2v) is 8.99. The van der Waals surface area contributed by atoms with Gasteiger partial charge in [-0.3, -0.25) is 10.2 Å². The minimum absolute atomic E-state index is 0.0437. The van der Waals surface area contributed by atoms with Gasteiger partial charge in [0.1, 0.15) is 11.6 Å². The van der Waals surface area contributed by atoms with Gasteiger partial charge in [0, 0.05) is 38.2 Å². The first kappa shape index (κ1) is 22.6. The number of amides is 2. The zero-order valence-electron chi connectivity index (χ0n) is 19.3. The summed E-state index contributed by atoms with van der Waals surface area (Å²) in [5.41, 5.74) is 3.80. The topological polar surface area (TPSA) is 71.4 Å². The fourth-order valence-corrected chi connectivity index (χ4v) is 5.10. The minimum Gasteiger partial charge on any atom is -0.383 e. The van der Waals surface area contributed by atoms with Crippen LogP contribution in [0, 0.1) is 5.82 Å². The SMILES string of the molecule is COCCN1CC(NC(=O)Nc2c3c(nn2-c2cccc(F)c2)CCC3)[C@H](c2ccccc2)C1. The Hall–Kier alpha value is -3.23. The van der Waals surface area contributed by atoms with Crippen molar-refractivity contribution in [1.29, 1.82) is 0 Å². The lowest BCUT2D eigenvalue weighted by Crippen LogP contribution is -2.42. The van der Waals surface area contributed by atoms with E-state index in [4.69, 9.17) is 4.74 Å². The Morgan fingerprint density at radius 1 is 1.15 bits per heavy atom. The van der Waals surface area contributed by atoms with Gasteiger partial charge in [-0.25, -0.2) is 13.9 Å². The van der Waals surface area contributed by atoms with Crippen LogP contribution in [0.3, 0.4) is 0 Å².